The van der Waals surface area contributed by atoms with Crippen LogP contribution in [0.5, 0.6) is 11.5 Å². The Morgan fingerprint density at radius 2 is 1.57 bits per heavy atom. The highest BCUT2D eigenvalue weighted by molar-refractivity contribution is 7.99. The van der Waals surface area contributed by atoms with E-state index in [-0.39, 0.29) is 5.91 Å². The van der Waals surface area contributed by atoms with Crippen molar-refractivity contribution in [1.29, 1.82) is 0 Å². The summed E-state index contributed by atoms with van der Waals surface area (Å²) in [5.41, 5.74) is 3.48. The Hall–Kier alpha value is -4.24. The summed E-state index contributed by atoms with van der Waals surface area (Å²) in [5.74, 6) is 1.98. The number of nitrogens with one attached hydrogen (secondary N) is 3. The van der Waals surface area contributed by atoms with E-state index in [1.54, 1.807) is 20.4 Å². The van der Waals surface area contributed by atoms with Crippen molar-refractivity contribution in [3.8, 4) is 11.5 Å². The molecule has 0 spiro atoms. The molecule has 4 aromatic rings. The highest BCUT2D eigenvalue weighted by atomic mass is 32.2. The number of nitrogens with zero attached hydrogens (tertiary/aromatic N) is 2. The summed E-state index contributed by atoms with van der Waals surface area (Å²) >= 11 is 1.54. The number of carbonyl (C=O) groups excluding carboxylic acids is 1. The first-order chi connectivity index (χ1) is 18.0. The number of carbonyl (C=O) groups is 1. The Kier molecular flexibility index (Phi) is 8.83. The van der Waals surface area contributed by atoms with E-state index in [4.69, 9.17) is 9.47 Å². The number of amides is 1. The highest BCUT2D eigenvalue weighted by Crippen LogP contribution is 2.30. The molecule has 37 heavy (non-hydrogen) atoms. The van der Waals surface area contributed by atoms with Gasteiger partial charge in [0.2, 0.25) is 11.9 Å². The Labute approximate surface area is 220 Å². The van der Waals surface area contributed by atoms with Crippen LogP contribution in [0.2, 0.25) is 0 Å². The van der Waals surface area contributed by atoms with Crippen LogP contribution in [0.3, 0.4) is 0 Å². The van der Waals surface area contributed by atoms with Gasteiger partial charge in [-0.25, -0.2) is 9.97 Å². The minimum absolute atomic E-state index is 0.0595. The summed E-state index contributed by atoms with van der Waals surface area (Å²) in [6.07, 6.45) is 2.14. The van der Waals surface area contributed by atoms with Gasteiger partial charge in [0.1, 0.15) is 16.5 Å². The Morgan fingerprint density at radius 1 is 0.892 bits per heavy atom. The number of hydrogen-bond donors (Lipinski definition) is 3. The van der Waals surface area contributed by atoms with Crippen molar-refractivity contribution in [3.05, 3.63) is 84.6 Å². The van der Waals surface area contributed by atoms with E-state index in [2.05, 4.69) is 25.9 Å². The zero-order valence-corrected chi connectivity index (χ0v) is 21.8. The van der Waals surface area contributed by atoms with Crippen LogP contribution in [-0.2, 0) is 4.79 Å². The molecule has 0 saturated heterocycles. The van der Waals surface area contributed by atoms with Crippen molar-refractivity contribution >= 4 is 40.7 Å². The van der Waals surface area contributed by atoms with Crippen molar-refractivity contribution in [2.75, 3.05) is 36.7 Å². The molecule has 0 aliphatic rings. The SMILES string of the molecule is COc1cccc(NCCC(=O)Nc2ccc(Sc3nc(Nc4cccc(OC)c4)ncc3C)cc2)c1. The van der Waals surface area contributed by atoms with E-state index < -0.39 is 0 Å². The molecule has 0 radical (unpaired) electrons. The fourth-order valence-electron chi connectivity index (χ4n) is 3.41. The molecular formula is C28H29N5O3S. The van der Waals surface area contributed by atoms with Crippen LogP contribution in [0.1, 0.15) is 12.0 Å². The molecule has 1 aromatic heterocycles. The maximum absolute atomic E-state index is 12.4. The first-order valence-corrected chi connectivity index (χ1v) is 12.5. The van der Waals surface area contributed by atoms with Gasteiger partial charge < -0.3 is 25.4 Å². The molecule has 1 heterocycles. The Morgan fingerprint density at radius 3 is 2.27 bits per heavy atom. The van der Waals surface area contributed by atoms with E-state index in [1.165, 1.54) is 11.8 Å². The largest absolute Gasteiger partial charge is 0.497 e. The summed E-state index contributed by atoms with van der Waals surface area (Å²) < 4.78 is 10.5. The van der Waals surface area contributed by atoms with Crippen molar-refractivity contribution in [2.45, 2.75) is 23.3 Å². The molecule has 0 bridgehead atoms. The van der Waals surface area contributed by atoms with Gasteiger partial charge in [-0.2, -0.15) is 0 Å². The van der Waals surface area contributed by atoms with E-state index in [0.717, 1.165) is 44.0 Å². The third-order valence-electron chi connectivity index (χ3n) is 5.35. The maximum atomic E-state index is 12.4. The number of aromatic nitrogens is 2. The van der Waals surface area contributed by atoms with Crippen molar-refractivity contribution in [2.24, 2.45) is 0 Å². The predicted molar refractivity (Wildman–Crippen MR) is 148 cm³/mol. The number of anilines is 4. The average molecular weight is 516 g/mol. The van der Waals surface area contributed by atoms with Gasteiger partial charge in [0.25, 0.3) is 0 Å². The van der Waals surface area contributed by atoms with Crippen LogP contribution in [-0.4, -0.2) is 36.6 Å². The monoisotopic (exact) mass is 515 g/mol. The summed E-state index contributed by atoms with van der Waals surface area (Å²) in [6, 6.07) is 22.9. The van der Waals surface area contributed by atoms with Crippen LogP contribution in [0.4, 0.5) is 23.0 Å². The lowest BCUT2D eigenvalue weighted by atomic mass is 10.3. The third-order valence-corrected chi connectivity index (χ3v) is 6.47. The van der Waals surface area contributed by atoms with Crippen LogP contribution in [0.25, 0.3) is 0 Å². The van der Waals surface area contributed by atoms with E-state index in [1.807, 2.05) is 79.7 Å². The minimum Gasteiger partial charge on any atom is -0.497 e. The molecular weight excluding hydrogens is 486 g/mol. The van der Waals surface area contributed by atoms with E-state index >= 15 is 0 Å². The lowest BCUT2D eigenvalue weighted by Crippen LogP contribution is -2.16. The van der Waals surface area contributed by atoms with Gasteiger partial charge in [-0.3, -0.25) is 4.79 Å². The average Bonchev–Trinajstić information content (AvgIpc) is 2.92. The summed E-state index contributed by atoms with van der Waals surface area (Å²) in [6.45, 7) is 2.50. The molecule has 0 atom stereocenters. The second-order valence-electron chi connectivity index (χ2n) is 8.12. The molecule has 1 amide bonds. The molecule has 9 heteroatoms. The van der Waals surface area contributed by atoms with Crippen LogP contribution in [0.15, 0.2) is 88.9 Å². The minimum atomic E-state index is -0.0595. The van der Waals surface area contributed by atoms with Crippen LogP contribution < -0.4 is 25.4 Å². The number of methoxy groups -OCH3 is 2. The summed E-state index contributed by atoms with van der Waals surface area (Å²) in [4.78, 5) is 22.4. The first-order valence-electron chi connectivity index (χ1n) is 11.7. The Bertz CT molecular complexity index is 1350. The molecule has 0 aliphatic carbocycles. The second kappa shape index (κ2) is 12.6. The number of benzene rings is 3. The number of ether oxygens (including phenoxy) is 2. The zero-order valence-electron chi connectivity index (χ0n) is 20.9. The molecule has 0 fully saturated rings. The number of aryl methyl sites for hydroxylation is 1. The molecule has 0 saturated carbocycles. The lowest BCUT2D eigenvalue weighted by molar-refractivity contribution is -0.115. The fraction of sp³-hybridized carbons (Fsp3) is 0.179. The zero-order chi connectivity index (χ0) is 26.0. The van der Waals surface area contributed by atoms with Gasteiger partial charge in [0.05, 0.1) is 14.2 Å². The quantitative estimate of drug-likeness (QED) is 0.205. The van der Waals surface area contributed by atoms with Crippen LogP contribution in [0, 0.1) is 6.92 Å². The number of rotatable bonds is 11. The van der Waals surface area contributed by atoms with Gasteiger partial charge >= 0.3 is 0 Å². The third kappa shape index (κ3) is 7.62. The maximum Gasteiger partial charge on any atom is 0.228 e. The van der Waals surface area contributed by atoms with Gasteiger partial charge in [0, 0.05) is 58.8 Å². The molecule has 3 aromatic carbocycles. The molecule has 0 unspecified atom stereocenters. The van der Waals surface area contributed by atoms with Gasteiger partial charge in [-0.1, -0.05) is 23.9 Å². The van der Waals surface area contributed by atoms with Gasteiger partial charge in [0.15, 0.2) is 0 Å². The summed E-state index contributed by atoms with van der Waals surface area (Å²) in [7, 11) is 3.26. The fourth-order valence-corrected chi connectivity index (χ4v) is 4.26. The normalized spacial score (nSPS) is 10.5. The predicted octanol–water partition coefficient (Wildman–Crippen LogP) is 6.14. The standard InChI is InChI=1S/C28H29N5O3S/c1-19-18-30-28(32-22-7-5-9-24(17-22)36-3)33-27(19)37-25-12-10-20(11-13-25)31-26(34)14-15-29-21-6-4-8-23(16-21)35-2/h4-13,16-18,29H,14-15H2,1-3H3,(H,31,34)(H,30,32,33). The van der Waals surface area contributed by atoms with E-state index in [0.29, 0.717) is 18.9 Å². The highest BCUT2D eigenvalue weighted by Gasteiger charge is 2.08. The van der Waals surface area contributed by atoms with Gasteiger partial charge in [-0.05, 0) is 55.5 Å². The van der Waals surface area contributed by atoms with Gasteiger partial charge in [-0.15, -0.1) is 0 Å². The second-order valence-corrected chi connectivity index (χ2v) is 9.18. The lowest BCUT2D eigenvalue weighted by Gasteiger charge is -2.11. The molecule has 4 rings (SSSR count). The van der Waals surface area contributed by atoms with Crippen LogP contribution >= 0.6 is 11.8 Å². The Balaban J connectivity index is 1.30. The smallest absolute Gasteiger partial charge is 0.228 e. The first kappa shape index (κ1) is 25.8. The molecule has 0 aliphatic heterocycles. The molecule has 8 nitrogen and oxygen atoms in total. The number of hydrogen-bond acceptors (Lipinski definition) is 8. The van der Waals surface area contributed by atoms with E-state index in [9.17, 15) is 4.79 Å². The molecule has 3 N–H and O–H groups in total. The molecule has 190 valence electrons. The topological polar surface area (TPSA) is 97.4 Å². The summed E-state index contributed by atoms with van der Waals surface area (Å²) in [5, 5.41) is 10.2. The van der Waals surface area contributed by atoms with Crippen molar-refractivity contribution in [3.63, 3.8) is 0 Å². The van der Waals surface area contributed by atoms with Crippen molar-refractivity contribution in [1.82, 2.24) is 9.97 Å². The van der Waals surface area contributed by atoms with Crippen molar-refractivity contribution < 1.29 is 14.3 Å².